The van der Waals surface area contributed by atoms with E-state index in [1.807, 2.05) is 20.8 Å². The Morgan fingerprint density at radius 1 is 1.22 bits per heavy atom. The van der Waals surface area contributed by atoms with Crippen LogP contribution in [-0.4, -0.2) is 31.5 Å². The van der Waals surface area contributed by atoms with Gasteiger partial charge in [0, 0.05) is 5.39 Å². The summed E-state index contributed by atoms with van der Waals surface area (Å²) in [6.07, 6.45) is 0. The smallest absolute Gasteiger partial charge is 0.339 e. The van der Waals surface area contributed by atoms with Crippen LogP contribution in [0.4, 0.5) is 0 Å². The summed E-state index contributed by atoms with van der Waals surface area (Å²) in [5.41, 5.74) is 0.858. The lowest BCUT2D eigenvalue weighted by Gasteiger charge is -2.19. The van der Waals surface area contributed by atoms with Crippen molar-refractivity contribution < 1.29 is 23.5 Å². The van der Waals surface area contributed by atoms with Gasteiger partial charge in [-0.25, -0.2) is 4.79 Å². The summed E-state index contributed by atoms with van der Waals surface area (Å²) in [5.74, 6) is 0.610. The van der Waals surface area contributed by atoms with Gasteiger partial charge in [-0.2, -0.15) is 0 Å². The number of nitrogens with zero attached hydrogens (tertiary/aromatic N) is 1. The van der Waals surface area contributed by atoms with Gasteiger partial charge in [0.15, 0.2) is 17.1 Å². The molecule has 0 spiro atoms. The molecule has 0 amide bonds. The molecule has 23 heavy (non-hydrogen) atoms. The zero-order valence-electron chi connectivity index (χ0n) is 14.2. The lowest BCUT2D eigenvalue weighted by molar-refractivity contribution is 0.00718. The number of benzene rings is 1. The molecule has 0 aliphatic rings. The number of rotatable bonds is 4. The first kappa shape index (κ1) is 16.9. The molecule has 0 unspecified atom stereocenters. The monoisotopic (exact) mass is 319 g/mol. The van der Waals surface area contributed by atoms with E-state index in [1.54, 1.807) is 32.2 Å². The highest BCUT2D eigenvalue weighted by molar-refractivity contribution is 6.08. The van der Waals surface area contributed by atoms with Crippen LogP contribution in [0.5, 0.6) is 5.75 Å². The second-order valence-corrected chi connectivity index (χ2v) is 6.03. The van der Waals surface area contributed by atoms with Crippen LogP contribution in [0.1, 0.15) is 43.8 Å². The van der Waals surface area contributed by atoms with E-state index in [1.165, 1.54) is 7.11 Å². The molecule has 0 aliphatic carbocycles. The van der Waals surface area contributed by atoms with E-state index in [2.05, 4.69) is 5.16 Å². The summed E-state index contributed by atoms with van der Waals surface area (Å²) in [6.45, 7) is 7.21. The van der Waals surface area contributed by atoms with Crippen molar-refractivity contribution in [1.29, 1.82) is 0 Å². The number of esters is 1. The van der Waals surface area contributed by atoms with Crippen molar-refractivity contribution >= 4 is 22.7 Å². The maximum atomic E-state index is 12.4. The molecule has 0 N–H and O–H groups in total. The number of carbonyl (C=O) groups is 1. The lowest BCUT2D eigenvalue weighted by Crippen LogP contribution is -2.24. The predicted octanol–water partition coefficient (Wildman–Crippen LogP) is 3.77. The van der Waals surface area contributed by atoms with Gasteiger partial charge in [-0.3, -0.25) is 0 Å². The molecule has 0 aliphatic heterocycles. The van der Waals surface area contributed by atoms with Crippen molar-refractivity contribution in [2.75, 3.05) is 14.2 Å². The van der Waals surface area contributed by atoms with Crippen LogP contribution in [0.25, 0.3) is 11.0 Å². The largest absolute Gasteiger partial charge is 0.493 e. The number of methoxy groups -OCH3 is 1. The molecule has 6 nitrogen and oxygen atoms in total. The molecular weight excluding hydrogens is 298 g/mol. The fraction of sp³-hybridized carbons (Fsp3) is 0.412. The molecule has 6 heteroatoms. The number of oxime groups is 1. The zero-order valence-corrected chi connectivity index (χ0v) is 14.2. The SMILES string of the molecule is CO/N=C(\C)c1cc2c(C(=O)OC(C)(C)C)ccc(OC)c2o1. The van der Waals surface area contributed by atoms with Crippen molar-refractivity contribution in [3.8, 4) is 5.75 Å². The first-order valence-electron chi connectivity index (χ1n) is 7.19. The molecule has 0 fully saturated rings. The van der Waals surface area contributed by atoms with Gasteiger partial charge in [-0.1, -0.05) is 5.16 Å². The van der Waals surface area contributed by atoms with Gasteiger partial charge in [0.05, 0.1) is 12.7 Å². The van der Waals surface area contributed by atoms with Crippen LogP contribution < -0.4 is 4.74 Å². The highest BCUT2D eigenvalue weighted by Crippen LogP contribution is 2.32. The van der Waals surface area contributed by atoms with Crippen LogP contribution >= 0.6 is 0 Å². The number of furan rings is 1. The third-order valence-corrected chi connectivity index (χ3v) is 3.07. The molecular formula is C17H21NO5. The van der Waals surface area contributed by atoms with Crippen molar-refractivity contribution in [2.24, 2.45) is 5.16 Å². The molecule has 124 valence electrons. The van der Waals surface area contributed by atoms with Crippen molar-refractivity contribution in [1.82, 2.24) is 0 Å². The molecule has 1 aromatic heterocycles. The van der Waals surface area contributed by atoms with E-state index < -0.39 is 11.6 Å². The summed E-state index contributed by atoms with van der Waals surface area (Å²) in [7, 11) is 3.00. The second kappa shape index (κ2) is 6.32. The van der Waals surface area contributed by atoms with E-state index in [4.69, 9.17) is 18.7 Å². The topological polar surface area (TPSA) is 70.3 Å². The van der Waals surface area contributed by atoms with Crippen molar-refractivity contribution in [3.05, 3.63) is 29.5 Å². The van der Waals surface area contributed by atoms with E-state index in [0.29, 0.717) is 33.8 Å². The second-order valence-electron chi connectivity index (χ2n) is 6.03. The van der Waals surface area contributed by atoms with E-state index in [-0.39, 0.29) is 0 Å². The fourth-order valence-corrected chi connectivity index (χ4v) is 2.13. The van der Waals surface area contributed by atoms with Crippen LogP contribution in [0.2, 0.25) is 0 Å². The first-order chi connectivity index (χ1) is 10.8. The Kier molecular flexibility index (Phi) is 4.63. The fourth-order valence-electron chi connectivity index (χ4n) is 2.13. The van der Waals surface area contributed by atoms with E-state index in [0.717, 1.165) is 0 Å². The maximum absolute atomic E-state index is 12.4. The number of carbonyl (C=O) groups excluding carboxylic acids is 1. The van der Waals surface area contributed by atoms with Gasteiger partial charge in [-0.15, -0.1) is 0 Å². The predicted molar refractivity (Wildman–Crippen MR) is 87.2 cm³/mol. The zero-order chi connectivity index (χ0) is 17.2. The Morgan fingerprint density at radius 3 is 2.48 bits per heavy atom. The highest BCUT2D eigenvalue weighted by atomic mass is 16.6. The van der Waals surface area contributed by atoms with Crippen molar-refractivity contribution in [2.45, 2.75) is 33.3 Å². The van der Waals surface area contributed by atoms with E-state index >= 15 is 0 Å². The van der Waals surface area contributed by atoms with Crippen molar-refractivity contribution in [3.63, 3.8) is 0 Å². The van der Waals surface area contributed by atoms with E-state index in [9.17, 15) is 4.79 Å². The Morgan fingerprint density at radius 2 is 1.91 bits per heavy atom. The average Bonchev–Trinajstić information content (AvgIpc) is 2.89. The Bertz CT molecular complexity index is 752. The minimum Gasteiger partial charge on any atom is -0.493 e. The van der Waals surface area contributed by atoms with Gasteiger partial charge in [0.2, 0.25) is 0 Å². The molecule has 0 atom stereocenters. The van der Waals surface area contributed by atoms with Crippen LogP contribution in [0, 0.1) is 0 Å². The summed E-state index contributed by atoms with van der Waals surface area (Å²) in [4.78, 5) is 17.2. The van der Waals surface area contributed by atoms with Gasteiger partial charge >= 0.3 is 5.97 Å². The number of hydrogen-bond acceptors (Lipinski definition) is 6. The third kappa shape index (κ3) is 3.64. The number of ether oxygens (including phenoxy) is 2. The van der Waals surface area contributed by atoms with Gasteiger partial charge in [0.25, 0.3) is 0 Å². The van der Waals surface area contributed by atoms with Gasteiger partial charge in [0.1, 0.15) is 18.4 Å². The quantitative estimate of drug-likeness (QED) is 0.487. The standard InChI is InChI=1S/C17H21NO5/c1-10(18-21-6)14-9-12-11(16(19)23-17(2,3)4)7-8-13(20-5)15(12)22-14/h7-9H,1-6H3/b18-10+. The normalized spacial score (nSPS) is 12.3. The minimum absolute atomic E-state index is 0.413. The van der Waals surface area contributed by atoms with Gasteiger partial charge < -0.3 is 18.7 Å². The Labute approximate surface area is 135 Å². The Hall–Kier alpha value is -2.50. The summed E-state index contributed by atoms with van der Waals surface area (Å²) >= 11 is 0. The molecule has 0 saturated heterocycles. The summed E-state index contributed by atoms with van der Waals surface area (Å²) in [5, 5.41) is 4.46. The van der Waals surface area contributed by atoms with Crippen LogP contribution in [0.3, 0.4) is 0 Å². The highest BCUT2D eigenvalue weighted by Gasteiger charge is 2.23. The summed E-state index contributed by atoms with van der Waals surface area (Å²) in [6, 6.07) is 5.07. The number of hydrogen-bond donors (Lipinski definition) is 0. The summed E-state index contributed by atoms with van der Waals surface area (Å²) < 4.78 is 16.5. The molecule has 1 heterocycles. The molecule has 0 saturated carbocycles. The third-order valence-electron chi connectivity index (χ3n) is 3.07. The first-order valence-corrected chi connectivity index (χ1v) is 7.19. The van der Waals surface area contributed by atoms with Crippen LogP contribution in [0.15, 0.2) is 27.8 Å². The molecule has 0 bridgehead atoms. The lowest BCUT2D eigenvalue weighted by atomic mass is 10.1. The Balaban J connectivity index is 2.59. The molecule has 2 rings (SSSR count). The minimum atomic E-state index is -0.580. The van der Waals surface area contributed by atoms with Gasteiger partial charge in [-0.05, 0) is 45.9 Å². The maximum Gasteiger partial charge on any atom is 0.339 e. The van der Waals surface area contributed by atoms with Crippen LogP contribution in [-0.2, 0) is 9.57 Å². The molecule has 1 aromatic carbocycles. The molecule has 2 aromatic rings. The number of fused-ring (bicyclic) bond motifs is 1. The molecule has 0 radical (unpaired) electrons. The average molecular weight is 319 g/mol.